The van der Waals surface area contributed by atoms with Gasteiger partial charge in [0.1, 0.15) is 5.75 Å². The summed E-state index contributed by atoms with van der Waals surface area (Å²) in [6, 6.07) is 18.5. The van der Waals surface area contributed by atoms with Gasteiger partial charge in [0.05, 0.1) is 12.9 Å². The molecule has 1 amide bonds. The number of carbonyl (C=O) groups excluding carboxylic acids is 1. The van der Waals surface area contributed by atoms with Crippen molar-refractivity contribution in [1.29, 1.82) is 0 Å². The average Bonchev–Trinajstić information content (AvgIpc) is 3.26. The lowest BCUT2D eigenvalue weighted by Gasteiger charge is -2.26. The van der Waals surface area contributed by atoms with E-state index in [1.807, 2.05) is 30.3 Å². The first-order chi connectivity index (χ1) is 16.1. The van der Waals surface area contributed by atoms with Crippen molar-refractivity contribution < 1.29 is 9.53 Å². The van der Waals surface area contributed by atoms with E-state index in [0.29, 0.717) is 11.8 Å². The number of carbonyl (C=O) groups is 1. The molecule has 2 aromatic carbocycles. The number of benzene rings is 2. The monoisotopic (exact) mass is 464 g/mol. The van der Waals surface area contributed by atoms with Gasteiger partial charge in [0, 0.05) is 18.2 Å². The standard InChI is InChI=1S/C26H32N4O2S/c1-19-8-12-22(13-9-19)27-24(31)18-33-26-29-28-25(21-10-14-23(32-2)15-11-21)30(26)17-16-20-6-4-3-5-7-20/h3-7,10-11,14-15,19,22H,8-9,12-13,16-18H2,1-2H3,(H,27,31). The van der Waals surface area contributed by atoms with E-state index >= 15 is 0 Å². The van der Waals surface area contributed by atoms with Crippen LogP contribution in [0.1, 0.15) is 38.2 Å². The van der Waals surface area contributed by atoms with Crippen LogP contribution < -0.4 is 10.1 Å². The van der Waals surface area contributed by atoms with E-state index in [1.54, 1.807) is 7.11 Å². The molecule has 33 heavy (non-hydrogen) atoms. The molecule has 1 aromatic heterocycles. The zero-order chi connectivity index (χ0) is 23.0. The lowest BCUT2D eigenvalue weighted by atomic mass is 9.87. The fourth-order valence-electron chi connectivity index (χ4n) is 4.24. The van der Waals surface area contributed by atoms with Crippen LogP contribution in [0, 0.1) is 5.92 Å². The van der Waals surface area contributed by atoms with Crippen LogP contribution in [-0.4, -0.2) is 39.6 Å². The quantitative estimate of drug-likeness (QED) is 0.452. The smallest absolute Gasteiger partial charge is 0.230 e. The van der Waals surface area contributed by atoms with Gasteiger partial charge in [-0.3, -0.25) is 4.79 Å². The summed E-state index contributed by atoms with van der Waals surface area (Å²) in [5.41, 5.74) is 2.23. The summed E-state index contributed by atoms with van der Waals surface area (Å²) in [4.78, 5) is 12.6. The maximum Gasteiger partial charge on any atom is 0.230 e. The van der Waals surface area contributed by atoms with Crippen LogP contribution in [0.5, 0.6) is 5.75 Å². The van der Waals surface area contributed by atoms with E-state index < -0.39 is 0 Å². The summed E-state index contributed by atoms with van der Waals surface area (Å²) in [6.07, 6.45) is 5.40. The van der Waals surface area contributed by atoms with Gasteiger partial charge in [0.15, 0.2) is 11.0 Å². The summed E-state index contributed by atoms with van der Waals surface area (Å²) in [5.74, 6) is 2.79. The molecule has 7 heteroatoms. The van der Waals surface area contributed by atoms with Crippen molar-refractivity contribution in [1.82, 2.24) is 20.1 Å². The Hall–Kier alpha value is -2.80. The first-order valence-corrected chi connectivity index (χ1v) is 12.6. The Bertz CT molecular complexity index is 1030. The Morgan fingerprint density at radius 2 is 1.79 bits per heavy atom. The van der Waals surface area contributed by atoms with Gasteiger partial charge in [-0.2, -0.15) is 0 Å². The third-order valence-electron chi connectivity index (χ3n) is 6.25. The minimum Gasteiger partial charge on any atom is -0.497 e. The Balaban J connectivity index is 1.46. The number of aromatic nitrogens is 3. The molecule has 174 valence electrons. The predicted molar refractivity (Wildman–Crippen MR) is 132 cm³/mol. The number of ether oxygens (including phenoxy) is 1. The molecule has 6 nitrogen and oxygen atoms in total. The second-order valence-corrected chi connectivity index (χ2v) is 9.68. The molecule has 1 N–H and O–H groups in total. The van der Waals surface area contributed by atoms with Crippen molar-refractivity contribution >= 4 is 17.7 Å². The molecule has 0 saturated heterocycles. The molecule has 4 rings (SSSR count). The van der Waals surface area contributed by atoms with Gasteiger partial charge < -0.3 is 14.6 Å². The van der Waals surface area contributed by atoms with Crippen LogP contribution in [0.25, 0.3) is 11.4 Å². The molecule has 0 atom stereocenters. The normalized spacial score (nSPS) is 18.1. The van der Waals surface area contributed by atoms with E-state index in [0.717, 1.165) is 54.0 Å². The molecular weight excluding hydrogens is 432 g/mol. The van der Waals surface area contributed by atoms with Crippen molar-refractivity contribution in [2.75, 3.05) is 12.9 Å². The Morgan fingerprint density at radius 1 is 1.06 bits per heavy atom. The molecule has 1 aliphatic carbocycles. The number of hydrogen-bond donors (Lipinski definition) is 1. The molecule has 1 fully saturated rings. The number of amides is 1. The van der Waals surface area contributed by atoms with E-state index in [2.05, 4.69) is 51.3 Å². The lowest BCUT2D eigenvalue weighted by Crippen LogP contribution is -2.38. The molecule has 0 spiro atoms. The van der Waals surface area contributed by atoms with Crippen LogP contribution in [0.2, 0.25) is 0 Å². The molecule has 0 aliphatic heterocycles. The van der Waals surface area contributed by atoms with Crippen LogP contribution in [0.3, 0.4) is 0 Å². The van der Waals surface area contributed by atoms with Crippen molar-refractivity contribution in [3.63, 3.8) is 0 Å². The van der Waals surface area contributed by atoms with Crippen molar-refractivity contribution in [2.24, 2.45) is 5.92 Å². The first-order valence-electron chi connectivity index (χ1n) is 11.7. The van der Waals surface area contributed by atoms with Gasteiger partial charge in [-0.1, -0.05) is 49.0 Å². The molecule has 1 saturated carbocycles. The fraction of sp³-hybridized carbons (Fsp3) is 0.423. The number of aryl methyl sites for hydroxylation is 1. The second kappa shape index (κ2) is 11.4. The maximum atomic E-state index is 12.6. The van der Waals surface area contributed by atoms with Crippen LogP contribution >= 0.6 is 11.8 Å². The number of nitrogens with zero attached hydrogens (tertiary/aromatic N) is 3. The fourth-order valence-corrected chi connectivity index (χ4v) is 5.02. The number of methoxy groups -OCH3 is 1. The number of rotatable bonds is 9. The highest BCUT2D eigenvalue weighted by Gasteiger charge is 2.21. The molecule has 0 unspecified atom stereocenters. The number of thioether (sulfide) groups is 1. The summed E-state index contributed by atoms with van der Waals surface area (Å²) in [6.45, 7) is 3.03. The summed E-state index contributed by atoms with van der Waals surface area (Å²) < 4.78 is 7.41. The Morgan fingerprint density at radius 3 is 2.48 bits per heavy atom. The summed E-state index contributed by atoms with van der Waals surface area (Å²) in [5, 5.41) is 12.9. The largest absolute Gasteiger partial charge is 0.497 e. The average molecular weight is 465 g/mol. The predicted octanol–water partition coefficient (Wildman–Crippen LogP) is 4.98. The molecule has 0 bridgehead atoms. The number of nitrogens with one attached hydrogen (secondary N) is 1. The van der Waals surface area contributed by atoms with E-state index in [4.69, 9.17) is 4.74 Å². The van der Waals surface area contributed by atoms with Crippen molar-refractivity contribution in [3.05, 3.63) is 60.2 Å². The Labute approximate surface area is 200 Å². The van der Waals surface area contributed by atoms with Crippen LogP contribution in [-0.2, 0) is 17.8 Å². The van der Waals surface area contributed by atoms with Gasteiger partial charge in [0.2, 0.25) is 5.91 Å². The lowest BCUT2D eigenvalue weighted by molar-refractivity contribution is -0.119. The second-order valence-electron chi connectivity index (χ2n) is 8.73. The number of hydrogen-bond acceptors (Lipinski definition) is 5. The first kappa shape index (κ1) is 23.4. The summed E-state index contributed by atoms with van der Waals surface area (Å²) in [7, 11) is 1.66. The highest BCUT2D eigenvalue weighted by molar-refractivity contribution is 7.99. The third kappa shape index (κ3) is 6.38. The third-order valence-corrected chi connectivity index (χ3v) is 7.21. The minimum atomic E-state index is 0.0724. The minimum absolute atomic E-state index is 0.0724. The summed E-state index contributed by atoms with van der Waals surface area (Å²) >= 11 is 1.46. The van der Waals surface area contributed by atoms with Crippen molar-refractivity contribution in [2.45, 2.75) is 56.8 Å². The SMILES string of the molecule is COc1ccc(-c2nnc(SCC(=O)NC3CCC(C)CC3)n2CCc2ccccc2)cc1. The zero-order valence-corrected chi connectivity index (χ0v) is 20.2. The van der Waals surface area contributed by atoms with Crippen LogP contribution in [0.4, 0.5) is 0 Å². The Kier molecular flexibility index (Phi) is 8.05. The highest BCUT2D eigenvalue weighted by Crippen LogP contribution is 2.27. The van der Waals surface area contributed by atoms with Gasteiger partial charge in [-0.25, -0.2) is 0 Å². The molecular formula is C26H32N4O2S. The van der Waals surface area contributed by atoms with E-state index in [9.17, 15) is 4.79 Å². The van der Waals surface area contributed by atoms with E-state index in [1.165, 1.54) is 30.2 Å². The molecule has 1 heterocycles. The van der Waals surface area contributed by atoms with Gasteiger partial charge in [-0.15, -0.1) is 10.2 Å². The zero-order valence-electron chi connectivity index (χ0n) is 19.4. The molecule has 3 aromatic rings. The molecule has 0 radical (unpaired) electrons. The van der Waals surface area contributed by atoms with Gasteiger partial charge in [0.25, 0.3) is 0 Å². The van der Waals surface area contributed by atoms with Gasteiger partial charge in [-0.05, 0) is 67.9 Å². The maximum absolute atomic E-state index is 12.6. The topological polar surface area (TPSA) is 69.0 Å². The van der Waals surface area contributed by atoms with Crippen molar-refractivity contribution in [3.8, 4) is 17.1 Å². The molecule has 1 aliphatic rings. The van der Waals surface area contributed by atoms with Crippen LogP contribution in [0.15, 0.2) is 59.8 Å². The highest BCUT2D eigenvalue weighted by atomic mass is 32.2. The van der Waals surface area contributed by atoms with Gasteiger partial charge >= 0.3 is 0 Å². The van der Waals surface area contributed by atoms with E-state index in [-0.39, 0.29) is 5.91 Å².